The first-order valence-corrected chi connectivity index (χ1v) is 10.3. The van der Waals surface area contributed by atoms with Crippen LogP contribution < -0.4 is 4.90 Å². The SMILES string of the molecule is O=C1CC(N(C(=O)Cc2ccc(Cl)cc2)C2CC2)C(=O)N1c1ccc(Br)cc1. The molecular weight excluding hydrogens is 444 g/mol. The molecule has 0 radical (unpaired) electrons. The number of anilines is 1. The number of hydrogen-bond donors (Lipinski definition) is 0. The lowest BCUT2D eigenvalue weighted by molar-refractivity contribution is -0.138. The van der Waals surface area contributed by atoms with Crippen LogP contribution in [0.4, 0.5) is 5.69 Å². The summed E-state index contributed by atoms with van der Waals surface area (Å²) < 4.78 is 0.865. The molecule has 7 heteroatoms. The molecule has 28 heavy (non-hydrogen) atoms. The summed E-state index contributed by atoms with van der Waals surface area (Å²) in [5.41, 5.74) is 1.36. The van der Waals surface area contributed by atoms with Crippen molar-refractivity contribution >= 4 is 50.9 Å². The molecule has 2 aromatic rings. The van der Waals surface area contributed by atoms with Gasteiger partial charge in [0.2, 0.25) is 11.8 Å². The van der Waals surface area contributed by atoms with Gasteiger partial charge in [0.15, 0.2) is 0 Å². The van der Waals surface area contributed by atoms with E-state index in [9.17, 15) is 14.4 Å². The maximum absolute atomic E-state index is 13.1. The van der Waals surface area contributed by atoms with Crippen molar-refractivity contribution in [2.24, 2.45) is 0 Å². The molecule has 0 spiro atoms. The Balaban J connectivity index is 1.55. The van der Waals surface area contributed by atoms with Gasteiger partial charge in [0.05, 0.1) is 18.5 Å². The van der Waals surface area contributed by atoms with Crippen LogP contribution in [0.3, 0.4) is 0 Å². The first-order chi connectivity index (χ1) is 13.4. The summed E-state index contributed by atoms with van der Waals surface area (Å²) >= 11 is 9.26. The zero-order chi connectivity index (χ0) is 19.8. The number of carbonyl (C=O) groups is 3. The average Bonchev–Trinajstić information content (AvgIpc) is 3.45. The van der Waals surface area contributed by atoms with Crippen LogP contribution >= 0.6 is 27.5 Å². The lowest BCUT2D eigenvalue weighted by Crippen LogP contribution is -2.47. The van der Waals surface area contributed by atoms with Gasteiger partial charge in [-0.1, -0.05) is 39.7 Å². The van der Waals surface area contributed by atoms with Gasteiger partial charge in [-0.2, -0.15) is 0 Å². The van der Waals surface area contributed by atoms with Gasteiger partial charge in [-0.05, 0) is 54.8 Å². The number of amides is 3. The van der Waals surface area contributed by atoms with Crippen molar-refractivity contribution in [2.75, 3.05) is 4.90 Å². The third kappa shape index (κ3) is 3.84. The van der Waals surface area contributed by atoms with E-state index in [-0.39, 0.29) is 36.6 Å². The molecule has 1 atom stereocenters. The largest absolute Gasteiger partial charge is 0.327 e. The highest BCUT2D eigenvalue weighted by atomic mass is 79.9. The Morgan fingerprint density at radius 1 is 1.07 bits per heavy atom. The third-order valence-corrected chi connectivity index (χ3v) is 5.82. The van der Waals surface area contributed by atoms with E-state index in [1.54, 1.807) is 53.4 Å². The normalized spacial score (nSPS) is 19.2. The Morgan fingerprint density at radius 2 is 1.71 bits per heavy atom. The summed E-state index contributed by atoms with van der Waals surface area (Å²) in [6.07, 6.45) is 1.94. The Morgan fingerprint density at radius 3 is 2.32 bits per heavy atom. The molecule has 0 aromatic heterocycles. The van der Waals surface area contributed by atoms with Crippen LogP contribution in [0.15, 0.2) is 53.0 Å². The van der Waals surface area contributed by atoms with Crippen molar-refractivity contribution in [3.63, 3.8) is 0 Å². The third-order valence-electron chi connectivity index (χ3n) is 5.04. The molecule has 2 aromatic carbocycles. The second-order valence-corrected chi connectivity index (χ2v) is 8.45. The van der Waals surface area contributed by atoms with E-state index in [4.69, 9.17) is 11.6 Å². The zero-order valence-corrected chi connectivity index (χ0v) is 17.3. The number of benzene rings is 2. The van der Waals surface area contributed by atoms with Gasteiger partial charge in [-0.15, -0.1) is 0 Å². The molecule has 144 valence electrons. The van der Waals surface area contributed by atoms with Gasteiger partial charge in [-0.3, -0.25) is 14.4 Å². The van der Waals surface area contributed by atoms with Crippen LogP contribution in [0.5, 0.6) is 0 Å². The van der Waals surface area contributed by atoms with Gasteiger partial charge in [0.25, 0.3) is 5.91 Å². The number of rotatable bonds is 5. The summed E-state index contributed by atoms with van der Waals surface area (Å²) in [5, 5.41) is 0.608. The minimum atomic E-state index is -0.733. The number of nitrogens with zero attached hydrogens (tertiary/aromatic N) is 2. The second kappa shape index (κ2) is 7.68. The highest BCUT2D eigenvalue weighted by Crippen LogP contribution is 2.34. The Bertz CT molecular complexity index is 926. The fourth-order valence-electron chi connectivity index (χ4n) is 3.55. The van der Waals surface area contributed by atoms with E-state index in [2.05, 4.69) is 15.9 Å². The van der Waals surface area contributed by atoms with Crippen LogP contribution in [-0.4, -0.2) is 34.7 Å². The zero-order valence-electron chi connectivity index (χ0n) is 15.0. The van der Waals surface area contributed by atoms with Gasteiger partial charge < -0.3 is 4.90 Å². The summed E-state index contributed by atoms with van der Waals surface area (Å²) in [5.74, 6) is -0.737. The Hall–Kier alpha value is -2.18. The summed E-state index contributed by atoms with van der Waals surface area (Å²) in [4.78, 5) is 41.5. The highest BCUT2D eigenvalue weighted by molar-refractivity contribution is 9.10. The van der Waals surface area contributed by atoms with Crippen molar-refractivity contribution in [3.8, 4) is 0 Å². The predicted octanol–water partition coefficient (Wildman–Crippen LogP) is 3.97. The lowest BCUT2D eigenvalue weighted by atomic mass is 10.1. The molecule has 1 aliphatic heterocycles. The molecule has 1 unspecified atom stereocenters. The minimum absolute atomic E-state index is 0.0256. The van der Waals surface area contributed by atoms with Gasteiger partial charge in [-0.25, -0.2) is 4.90 Å². The van der Waals surface area contributed by atoms with Crippen molar-refractivity contribution in [2.45, 2.75) is 37.8 Å². The van der Waals surface area contributed by atoms with E-state index in [0.29, 0.717) is 10.7 Å². The van der Waals surface area contributed by atoms with Crippen LogP contribution in [0.1, 0.15) is 24.8 Å². The quantitative estimate of drug-likeness (QED) is 0.633. The van der Waals surface area contributed by atoms with Gasteiger partial charge in [0, 0.05) is 15.5 Å². The molecule has 2 fully saturated rings. The van der Waals surface area contributed by atoms with E-state index in [1.807, 2.05) is 0 Å². The molecule has 0 N–H and O–H groups in total. The molecule has 4 rings (SSSR count). The lowest BCUT2D eigenvalue weighted by Gasteiger charge is -2.27. The molecule has 1 saturated carbocycles. The molecule has 1 aliphatic carbocycles. The van der Waals surface area contributed by atoms with E-state index in [1.165, 1.54) is 4.90 Å². The average molecular weight is 462 g/mol. The Kier molecular flexibility index (Phi) is 5.25. The second-order valence-electron chi connectivity index (χ2n) is 7.10. The maximum Gasteiger partial charge on any atom is 0.257 e. The fraction of sp³-hybridized carbons (Fsp3) is 0.286. The molecule has 3 amide bonds. The van der Waals surface area contributed by atoms with E-state index < -0.39 is 6.04 Å². The van der Waals surface area contributed by atoms with E-state index in [0.717, 1.165) is 22.9 Å². The minimum Gasteiger partial charge on any atom is -0.327 e. The molecule has 1 heterocycles. The van der Waals surface area contributed by atoms with Crippen molar-refractivity contribution < 1.29 is 14.4 Å². The smallest absolute Gasteiger partial charge is 0.257 e. The first kappa shape index (κ1) is 19.2. The van der Waals surface area contributed by atoms with Crippen LogP contribution in [-0.2, 0) is 20.8 Å². The molecule has 2 aliphatic rings. The monoisotopic (exact) mass is 460 g/mol. The van der Waals surface area contributed by atoms with E-state index >= 15 is 0 Å². The molecule has 1 saturated heterocycles. The highest BCUT2D eigenvalue weighted by Gasteiger charge is 2.48. The number of hydrogen-bond acceptors (Lipinski definition) is 3. The summed E-state index contributed by atoms with van der Waals surface area (Å²) in [6, 6.07) is 13.4. The van der Waals surface area contributed by atoms with Crippen molar-refractivity contribution in [3.05, 3.63) is 63.6 Å². The predicted molar refractivity (Wildman–Crippen MR) is 110 cm³/mol. The first-order valence-electron chi connectivity index (χ1n) is 9.12. The standard InChI is InChI=1S/C21H18BrClN2O3/c22-14-3-7-17(8-4-14)25-20(27)12-18(21(25)28)24(16-9-10-16)19(26)11-13-1-5-15(23)6-2-13/h1-8,16,18H,9-12H2. The maximum atomic E-state index is 13.1. The van der Waals surface area contributed by atoms with Gasteiger partial charge >= 0.3 is 0 Å². The fourth-order valence-corrected chi connectivity index (χ4v) is 3.94. The number of imide groups is 1. The van der Waals surface area contributed by atoms with Crippen LogP contribution in [0, 0.1) is 0 Å². The summed E-state index contributed by atoms with van der Waals surface area (Å²) in [7, 11) is 0. The number of carbonyl (C=O) groups excluding carboxylic acids is 3. The van der Waals surface area contributed by atoms with Crippen LogP contribution in [0.25, 0.3) is 0 Å². The number of halogens is 2. The van der Waals surface area contributed by atoms with Crippen molar-refractivity contribution in [1.29, 1.82) is 0 Å². The Labute approximate surface area is 176 Å². The molecule has 5 nitrogen and oxygen atoms in total. The van der Waals surface area contributed by atoms with Crippen molar-refractivity contribution in [1.82, 2.24) is 4.90 Å². The molecular formula is C21H18BrClN2O3. The van der Waals surface area contributed by atoms with Crippen LogP contribution in [0.2, 0.25) is 5.02 Å². The van der Waals surface area contributed by atoms with Gasteiger partial charge in [0.1, 0.15) is 6.04 Å². The molecule has 0 bridgehead atoms. The summed E-state index contributed by atoms with van der Waals surface area (Å²) in [6.45, 7) is 0. The topological polar surface area (TPSA) is 57.7 Å².